The molecule has 3 N–H and O–H groups in total. The van der Waals surface area contributed by atoms with Gasteiger partial charge in [0.05, 0.1) is 5.69 Å². The van der Waals surface area contributed by atoms with Crippen molar-refractivity contribution in [3.05, 3.63) is 17.5 Å². The third kappa shape index (κ3) is 4.42. The van der Waals surface area contributed by atoms with Gasteiger partial charge in [0.2, 0.25) is 0 Å². The maximum atomic E-state index is 4.36. The van der Waals surface area contributed by atoms with Gasteiger partial charge in [-0.25, -0.2) is 0 Å². The Balaban J connectivity index is 1.69. The Morgan fingerprint density at radius 2 is 2.17 bits per heavy atom. The fraction of sp³-hybridized carbons (Fsp3) is 0.786. The van der Waals surface area contributed by atoms with Crippen molar-refractivity contribution in [2.24, 2.45) is 0 Å². The van der Waals surface area contributed by atoms with Crippen molar-refractivity contribution in [3.8, 4) is 0 Å². The van der Waals surface area contributed by atoms with Crippen LogP contribution in [0.1, 0.15) is 57.8 Å². The predicted octanol–water partition coefficient (Wildman–Crippen LogP) is 2.15. The Bertz CT molecular complexity index is 373. The zero-order valence-corrected chi connectivity index (χ0v) is 12.0. The van der Waals surface area contributed by atoms with Crippen LogP contribution in [0.5, 0.6) is 0 Å². The van der Waals surface area contributed by atoms with E-state index >= 15 is 0 Å². The van der Waals surface area contributed by atoms with E-state index < -0.39 is 0 Å². The molecule has 4 heteroatoms. The molecule has 2 rings (SSSR count). The predicted molar refractivity (Wildman–Crippen MR) is 74.6 cm³/mol. The van der Waals surface area contributed by atoms with Gasteiger partial charge in [-0.2, -0.15) is 5.10 Å². The van der Waals surface area contributed by atoms with Gasteiger partial charge in [0, 0.05) is 36.3 Å². The summed E-state index contributed by atoms with van der Waals surface area (Å²) in [5.41, 5.74) is 2.62. The SMILES string of the molecule is CC(CNC(C)(C)C)NCc1cc(C2CC2)n[nH]1. The lowest BCUT2D eigenvalue weighted by molar-refractivity contribution is 0.386. The molecule has 1 saturated carbocycles. The molecule has 18 heavy (non-hydrogen) atoms. The number of rotatable bonds is 6. The van der Waals surface area contributed by atoms with Gasteiger partial charge >= 0.3 is 0 Å². The van der Waals surface area contributed by atoms with Crippen LogP contribution in [0.25, 0.3) is 0 Å². The van der Waals surface area contributed by atoms with Crippen LogP contribution in [0.15, 0.2) is 6.07 Å². The first-order valence-corrected chi connectivity index (χ1v) is 6.96. The summed E-state index contributed by atoms with van der Waals surface area (Å²) < 4.78 is 0. The first kappa shape index (κ1) is 13.6. The van der Waals surface area contributed by atoms with Crippen LogP contribution in [-0.2, 0) is 6.54 Å². The number of aromatic nitrogens is 2. The molecule has 102 valence electrons. The van der Waals surface area contributed by atoms with Crippen molar-refractivity contribution in [3.63, 3.8) is 0 Å². The number of nitrogens with one attached hydrogen (secondary N) is 3. The zero-order chi connectivity index (χ0) is 13.2. The Kier molecular flexibility index (Phi) is 4.07. The van der Waals surface area contributed by atoms with E-state index in [2.05, 4.69) is 54.6 Å². The molecular weight excluding hydrogens is 224 g/mol. The lowest BCUT2D eigenvalue weighted by atomic mass is 10.1. The van der Waals surface area contributed by atoms with E-state index in [-0.39, 0.29) is 5.54 Å². The number of aromatic amines is 1. The second-order valence-corrected chi connectivity index (χ2v) is 6.51. The average molecular weight is 250 g/mol. The van der Waals surface area contributed by atoms with Crippen LogP contribution in [0.3, 0.4) is 0 Å². The molecule has 0 amide bonds. The topological polar surface area (TPSA) is 52.7 Å². The Labute approximate surface area is 110 Å². The first-order chi connectivity index (χ1) is 8.44. The second-order valence-electron chi connectivity index (χ2n) is 6.51. The van der Waals surface area contributed by atoms with E-state index in [0.29, 0.717) is 6.04 Å². The molecule has 0 spiro atoms. The van der Waals surface area contributed by atoms with E-state index in [1.165, 1.54) is 24.2 Å². The summed E-state index contributed by atoms with van der Waals surface area (Å²) in [5, 5.41) is 14.5. The van der Waals surface area contributed by atoms with E-state index in [0.717, 1.165) is 19.0 Å². The number of nitrogens with zero attached hydrogens (tertiary/aromatic N) is 1. The smallest absolute Gasteiger partial charge is 0.0656 e. The summed E-state index contributed by atoms with van der Waals surface area (Å²) in [6, 6.07) is 2.66. The molecule has 0 aromatic carbocycles. The molecule has 1 heterocycles. The van der Waals surface area contributed by atoms with Gasteiger partial charge in [-0.05, 0) is 46.6 Å². The molecule has 1 aliphatic rings. The lowest BCUT2D eigenvalue weighted by Crippen LogP contribution is -2.44. The van der Waals surface area contributed by atoms with E-state index in [1.807, 2.05) is 0 Å². The van der Waals surface area contributed by atoms with Gasteiger partial charge in [0.25, 0.3) is 0 Å². The fourth-order valence-corrected chi connectivity index (χ4v) is 1.87. The molecule has 0 saturated heterocycles. The molecule has 0 bridgehead atoms. The highest BCUT2D eigenvalue weighted by molar-refractivity contribution is 5.17. The van der Waals surface area contributed by atoms with Crippen LogP contribution in [0.4, 0.5) is 0 Å². The molecule has 1 aromatic rings. The van der Waals surface area contributed by atoms with Crippen LogP contribution in [-0.4, -0.2) is 28.3 Å². The Morgan fingerprint density at radius 3 is 2.78 bits per heavy atom. The number of hydrogen-bond acceptors (Lipinski definition) is 3. The van der Waals surface area contributed by atoms with Crippen molar-refractivity contribution < 1.29 is 0 Å². The summed E-state index contributed by atoms with van der Waals surface area (Å²) in [4.78, 5) is 0. The quantitative estimate of drug-likeness (QED) is 0.725. The molecular formula is C14H26N4. The van der Waals surface area contributed by atoms with Crippen LogP contribution >= 0.6 is 0 Å². The molecule has 1 fully saturated rings. The fourth-order valence-electron chi connectivity index (χ4n) is 1.87. The maximum Gasteiger partial charge on any atom is 0.0656 e. The molecule has 1 atom stereocenters. The molecule has 0 radical (unpaired) electrons. The standard InChI is InChI=1S/C14H26N4/c1-10(8-16-14(2,3)4)15-9-12-7-13(18-17-12)11-5-6-11/h7,10-11,15-16H,5-6,8-9H2,1-4H3,(H,17,18). The van der Waals surface area contributed by atoms with Gasteiger partial charge in [-0.3, -0.25) is 5.10 Å². The third-order valence-corrected chi connectivity index (χ3v) is 3.23. The van der Waals surface area contributed by atoms with E-state index in [9.17, 15) is 0 Å². The van der Waals surface area contributed by atoms with Crippen LogP contribution in [0, 0.1) is 0 Å². The third-order valence-electron chi connectivity index (χ3n) is 3.23. The zero-order valence-electron chi connectivity index (χ0n) is 12.0. The highest BCUT2D eigenvalue weighted by Crippen LogP contribution is 2.38. The second kappa shape index (κ2) is 5.41. The monoisotopic (exact) mass is 250 g/mol. The minimum Gasteiger partial charge on any atom is -0.311 e. The minimum atomic E-state index is 0.184. The van der Waals surface area contributed by atoms with Gasteiger partial charge < -0.3 is 10.6 Å². The van der Waals surface area contributed by atoms with Crippen molar-refractivity contribution in [2.45, 2.75) is 64.6 Å². The van der Waals surface area contributed by atoms with Crippen molar-refractivity contribution >= 4 is 0 Å². The number of H-pyrrole nitrogens is 1. The summed E-state index contributed by atoms with van der Waals surface area (Å²) in [7, 11) is 0. The highest BCUT2D eigenvalue weighted by atomic mass is 15.1. The summed E-state index contributed by atoms with van der Waals surface area (Å²) in [5.74, 6) is 0.731. The molecule has 1 unspecified atom stereocenters. The summed E-state index contributed by atoms with van der Waals surface area (Å²) in [6.07, 6.45) is 2.62. The van der Waals surface area contributed by atoms with Crippen molar-refractivity contribution in [1.82, 2.24) is 20.8 Å². The van der Waals surface area contributed by atoms with E-state index in [4.69, 9.17) is 0 Å². The molecule has 1 aliphatic carbocycles. The Hall–Kier alpha value is -0.870. The molecule has 4 nitrogen and oxygen atoms in total. The summed E-state index contributed by atoms with van der Waals surface area (Å²) >= 11 is 0. The van der Waals surface area contributed by atoms with Crippen LogP contribution in [0.2, 0.25) is 0 Å². The summed E-state index contributed by atoms with van der Waals surface area (Å²) in [6.45, 7) is 10.6. The normalized spacial score (nSPS) is 18.0. The minimum absolute atomic E-state index is 0.184. The van der Waals surface area contributed by atoms with Crippen molar-refractivity contribution in [2.75, 3.05) is 6.54 Å². The first-order valence-electron chi connectivity index (χ1n) is 6.96. The van der Waals surface area contributed by atoms with Crippen LogP contribution < -0.4 is 10.6 Å². The lowest BCUT2D eigenvalue weighted by Gasteiger charge is -2.23. The molecule has 0 aliphatic heterocycles. The maximum absolute atomic E-state index is 4.36. The van der Waals surface area contributed by atoms with Gasteiger partial charge in [0.1, 0.15) is 0 Å². The number of hydrogen-bond donors (Lipinski definition) is 3. The van der Waals surface area contributed by atoms with Crippen molar-refractivity contribution in [1.29, 1.82) is 0 Å². The Morgan fingerprint density at radius 1 is 1.44 bits per heavy atom. The molecule has 1 aromatic heterocycles. The average Bonchev–Trinajstić information content (AvgIpc) is 3.03. The van der Waals surface area contributed by atoms with Gasteiger partial charge in [-0.1, -0.05) is 0 Å². The van der Waals surface area contributed by atoms with Gasteiger partial charge in [0.15, 0.2) is 0 Å². The van der Waals surface area contributed by atoms with Gasteiger partial charge in [-0.15, -0.1) is 0 Å². The van der Waals surface area contributed by atoms with E-state index in [1.54, 1.807) is 0 Å². The highest BCUT2D eigenvalue weighted by Gasteiger charge is 2.25. The largest absolute Gasteiger partial charge is 0.311 e.